The molecular weight excluding hydrogens is 298 g/mol. The molecular formula is C21H21NO2. The van der Waals surface area contributed by atoms with E-state index in [1.807, 2.05) is 0 Å². The van der Waals surface area contributed by atoms with Gasteiger partial charge in [-0.2, -0.15) is 0 Å². The van der Waals surface area contributed by atoms with Crippen molar-refractivity contribution >= 4 is 17.3 Å². The molecule has 1 aliphatic heterocycles. The largest absolute Gasteiger partial charge is 0.495 e. The predicted octanol–water partition coefficient (Wildman–Crippen LogP) is 5.56. The van der Waals surface area contributed by atoms with Crippen LogP contribution in [0.2, 0.25) is 0 Å². The number of nitrogens with zero attached hydrogens (tertiary/aromatic N) is 1. The number of rotatable bonds is 2. The average molecular weight is 319 g/mol. The summed E-state index contributed by atoms with van der Waals surface area (Å²) in [7, 11) is 1.72. The molecule has 1 aromatic heterocycles. The third-order valence-electron chi connectivity index (χ3n) is 4.63. The van der Waals surface area contributed by atoms with Gasteiger partial charge in [0.15, 0.2) is 0 Å². The highest BCUT2D eigenvalue weighted by molar-refractivity contribution is 5.81. The molecule has 0 N–H and O–H groups in total. The van der Waals surface area contributed by atoms with Crippen LogP contribution in [0.5, 0.6) is 5.75 Å². The Labute approximate surface area is 142 Å². The summed E-state index contributed by atoms with van der Waals surface area (Å²) in [5.74, 6) is 1.75. The lowest BCUT2D eigenvalue weighted by molar-refractivity contribution is 0.415. The minimum atomic E-state index is 0.854. The Morgan fingerprint density at radius 1 is 0.958 bits per heavy atom. The number of aryl methyl sites for hydroxylation is 3. The fourth-order valence-corrected chi connectivity index (χ4v) is 3.44. The standard InChI is InChI=1S/C21H21NO2/c1-15-10-11-19(20(14-15)23-2)22-18-9-4-3-6-16(18)7-5-8-17-12-13-24-21(17)22/h3-4,6,9-14H,5,7-8H2,1-2H3. The highest BCUT2D eigenvalue weighted by Crippen LogP contribution is 2.45. The van der Waals surface area contributed by atoms with E-state index in [0.717, 1.165) is 42.3 Å². The fourth-order valence-electron chi connectivity index (χ4n) is 3.44. The molecule has 0 amide bonds. The Hall–Kier alpha value is -2.68. The summed E-state index contributed by atoms with van der Waals surface area (Å²) < 4.78 is 11.6. The van der Waals surface area contributed by atoms with Gasteiger partial charge < -0.3 is 9.15 Å². The van der Waals surface area contributed by atoms with Crippen LogP contribution >= 0.6 is 0 Å². The van der Waals surface area contributed by atoms with Crippen molar-refractivity contribution in [3.63, 3.8) is 0 Å². The second kappa shape index (κ2) is 6.08. The average Bonchev–Trinajstić information content (AvgIpc) is 3.03. The number of methoxy groups -OCH3 is 1. The van der Waals surface area contributed by atoms with E-state index in [1.165, 1.54) is 16.7 Å². The fraction of sp³-hybridized carbons (Fsp3) is 0.238. The molecule has 0 radical (unpaired) electrons. The summed E-state index contributed by atoms with van der Waals surface area (Å²) in [5, 5.41) is 0. The Balaban J connectivity index is 1.98. The zero-order valence-electron chi connectivity index (χ0n) is 14.1. The van der Waals surface area contributed by atoms with Crippen molar-refractivity contribution < 1.29 is 9.15 Å². The molecule has 0 unspecified atom stereocenters. The zero-order valence-corrected chi connectivity index (χ0v) is 14.1. The summed E-state index contributed by atoms with van der Waals surface area (Å²) in [6.45, 7) is 2.08. The van der Waals surface area contributed by atoms with Crippen LogP contribution in [0, 0.1) is 6.92 Å². The van der Waals surface area contributed by atoms with Crippen LogP contribution in [0.25, 0.3) is 0 Å². The molecule has 3 aromatic rings. The molecule has 24 heavy (non-hydrogen) atoms. The molecule has 0 aliphatic carbocycles. The third-order valence-corrected chi connectivity index (χ3v) is 4.63. The van der Waals surface area contributed by atoms with E-state index < -0.39 is 0 Å². The molecule has 122 valence electrons. The minimum Gasteiger partial charge on any atom is -0.495 e. The number of furan rings is 1. The minimum absolute atomic E-state index is 0.854. The van der Waals surface area contributed by atoms with Gasteiger partial charge in [0.05, 0.1) is 24.7 Å². The number of fused-ring (bicyclic) bond motifs is 2. The molecule has 0 spiro atoms. The maximum absolute atomic E-state index is 5.92. The number of ether oxygens (including phenoxy) is 1. The highest BCUT2D eigenvalue weighted by atomic mass is 16.5. The molecule has 3 heteroatoms. The SMILES string of the molecule is COc1cc(C)ccc1N1c2ccccc2CCCc2ccoc21. The van der Waals surface area contributed by atoms with Gasteiger partial charge in [-0.25, -0.2) is 0 Å². The Kier molecular flexibility index (Phi) is 3.77. The zero-order chi connectivity index (χ0) is 16.5. The van der Waals surface area contributed by atoms with Crippen molar-refractivity contribution in [2.75, 3.05) is 12.0 Å². The monoisotopic (exact) mass is 319 g/mol. The molecule has 1 aliphatic rings. The van der Waals surface area contributed by atoms with E-state index in [0.29, 0.717) is 0 Å². The lowest BCUT2D eigenvalue weighted by Crippen LogP contribution is -2.16. The van der Waals surface area contributed by atoms with Crippen molar-refractivity contribution in [2.24, 2.45) is 0 Å². The number of hydrogen-bond donors (Lipinski definition) is 0. The topological polar surface area (TPSA) is 25.6 Å². The normalized spacial score (nSPS) is 13.7. The van der Waals surface area contributed by atoms with Gasteiger partial charge in [-0.05, 0) is 61.6 Å². The molecule has 0 saturated carbocycles. The summed E-state index contributed by atoms with van der Waals surface area (Å²) >= 11 is 0. The number of hydrogen-bond acceptors (Lipinski definition) is 3. The van der Waals surface area contributed by atoms with Crippen molar-refractivity contribution in [1.82, 2.24) is 0 Å². The van der Waals surface area contributed by atoms with Gasteiger partial charge in [-0.1, -0.05) is 24.3 Å². The van der Waals surface area contributed by atoms with E-state index in [9.17, 15) is 0 Å². The van der Waals surface area contributed by atoms with E-state index in [4.69, 9.17) is 9.15 Å². The first-order valence-electron chi connectivity index (χ1n) is 8.37. The van der Waals surface area contributed by atoms with Gasteiger partial charge in [-0.15, -0.1) is 0 Å². The van der Waals surface area contributed by atoms with Gasteiger partial charge in [0.25, 0.3) is 0 Å². The van der Waals surface area contributed by atoms with Gasteiger partial charge in [0.1, 0.15) is 5.75 Å². The van der Waals surface area contributed by atoms with Crippen LogP contribution < -0.4 is 9.64 Å². The predicted molar refractivity (Wildman–Crippen MR) is 96.7 cm³/mol. The number of benzene rings is 2. The summed E-state index contributed by atoms with van der Waals surface area (Å²) in [5.41, 5.74) is 5.93. The first-order valence-corrected chi connectivity index (χ1v) is 8.37. The summed E-state index contributed by atoms with van der Waals surface area (Å²) in [4.78, 5) is 2.20. The Bertz CT molecular complexity index is 866. The molecule has 0 fully saturated rings. The van der Waals surface area contributed by atoms with Crippen LogP contribution in [-0.2, 0) is 12.8 Å². The van der Waals surface area contributed by atoms with Gasteiger partial charge >= 0.3 is 0 Å². The van der Waals surface area contributed by atoms with E-state index in [1.54, 1.807) is 13.4 Å². The van der Waals surface area contributed by atoms with Crippen LogP contribution in [0.4, 0.5) is 17.3 Å². The first-order chi connectivity index (χ1) is 11.8. The maximum Gasteiger partial charge on any atom is 0.207 e. The summed E-state index contributed by atoms with van der Waals surface area (Å²) in [6, 6.07) is 16.9. The lowest BCUT2D eigenvalue weighted by atomic mass is 9.99. The molecule has 0 saturated heterocycles. The van der Waals surface area contributed by atoms with Crippen molar-refractivity contribution in [2.45, 2.75) is 26.2 Å². The van der Waals surface area contributed by atoms with Crippen molar-refractivity contribution in [3.8, 4) is 5.75 Å². The molecule has 2 heterocycles. The quantitative estimate of drug-likeness (QED) is 0.619. The molecule has 0 atom stereocenters. The number of anilines is 3. The van der Waals surface area contributed by atoms with Gasteiger partial charge in [-0.3, -0.25) is 4.90 Å². The smallest absolute Gasteiger partial charge is 0.207 e. The van der Waals surface area contributed by atoms with Gasteiger partial charge in [0.2, 0.25) is 5.88 Å². The number of para-hydroxylation sites is 1. The van der Waals surface area contributed by atoms with Crippen LogP contribution in [0.3, 0.4) is 0 Å². The maximum atomic E-state index is 5.92. The highest BCUT2D eigenvalue weighted by Gasteiger charge is 2.25. The Morgan fingerprint density at radius 3 is 2.67 bits per heavy atom. The van der Waals surface area contributed by atoms with Crippen LogP contribution in [-0.4, -0.2) is 7.11 Å². The lowest BCUT2D eigenvalue weighted by Gasteiger charge is -2.29. The van der Waals surface area contributed by atoms with Crippen LogP contribution in [0.15, 0.2) is 59.2 Å². The second-order valence-electron chi connectivity index (χ2n) is 6.24. The van der Waals surface area contributed by atoms with E-state index >= 15 is 0 Å². The molecule has 4 rings (SSSR count). The third kappa shape index (κ3) is 2.46. The summed E-state index contributed by atoms with van der Waals surface area (Å²) in [6.07, 6.45) is 4.99. The van der Waals surface area contributed by atoms with Crippen molar-refractivity contribution in [1.29, 1.82) is 0 Å². The first kappa shape index (κ1) is 14.9. The Morgan fingerprint density at radius 2 is 1.79 bits per heavy atom. The van der Waals surface area contributed by atoms with Crippen LogP contribution in [0.1, 0.15) is 23.1 Å². The van der Waals surface area contributed by atoms with E-state index in [2.05, 4.69) is 60.4 Å². The van der Waals surface area contributed by atoms with Crippen molar-refractivity contribution in [3.05, 3.63) is 71.5 Å². The second-order valence-corrected chi connectivity index (χ2v) is 6.24. The van der Waals surface area contributed by atoms with Gasteiger partial charge in [0, 0.05) is 5.56 Å². The molecule has 3 nitrogen and oxygen atoms in total. The molecule has 2 aromatic carbocycles. The van der Waals surface area contributed by atoms with E-state index in [-0.39, 0.29) is 0 Å². The molecule has 0 bridgehead atoms.